The van der Waals surface area contributed by atoms with Crippen LogP contribution in [0.3, 0.4) is 0 Å². The molecule has 0 aromatic heterocycles. The van der Waals surface area contributed by atoms with Gasteiger partial charge >= 0.3 is 0 Å². The summed E-state index contributed by atoms with van der Waals surface area (Å²) in [6.45, 7) is 6.65. The smallest absolute Gasteiger partial charge is 0.127 e. The number of rotatable bonds is 6. The Bertz CT molecular complexity index is 352. The lowest BCUT2D eigenvalue weighted by molar-refractivity contribution is 0.512. The van der Waals surface area contributed by atoms with Gasteiger partial charge in [-0.25, -0.2) is 4.39 Å². The van der Waals surface area contributed by atoms with Crippen molar-refractivity contribution in [3.8, 4) is 0 Å². The molecule has 0 fully saturated rings. The molecule has 0 aliphatic carbocycles. The highest BCUT2D eigenvalue weighted by atomic mass is 79.9. The first-order valence-corrected chi connectivity index (χ1v) is 6.24. The fourth-order valence-corrected chi connectivity index (χ4v) is 2.01. The highest BCUT2D eigenvalue weighted by molar-refractivity contribution is 9.10. The van der Waals surface area contributed by atoms with Crippen molar-refractivity contribution in [2.45, 2.75) is 25.8 Å². The van der Waals surface area contributed by atoms with Gasteiger partial charge in [-0.2, -0.15) is 0 Å². The average Bonchev–Trinajstić information content (AvgIpc) is 2.23. The molecule has 0 aliphatic heterocycles. The van der Waals surface area contributed by atoms with Crippen LogP contribution in [0.2, 0.25) is 0 Å². The molecule has 1 nitrogen and oxygen atoms in total. The second-order valence-corrected chi connectivity index (χ2v) is 4.63. The molecule has 1 aromatic rings. The van der Waals surface area contributed by atoms with Crippen LogP contribution >= 0.6 is 15.9 Å². The van der Waals surface area contributed by atoms with Crippen LogP contribution in [0.25, 0.3) is 0 Å². The normalized spacial score (nSPS) is 12.4. The third-order valence-electron chi connectivity index (χ3n) is 2.43. The van der Waals surface area contributed by atoms with Gasteiger partial charge < -0.3 is 5.32 Å². The van der Waals surface area contributed by atoms with Crippen molar-refractivity contribution >= 4 is 15.9 Å². The molecule has 0 spiro atoms. The summed E-state index contributed by atoms with van der Waals surface area (Å²) in [4.78, 5) is 0. The number of halogens is 2. The van der Waals surface area contributed by atoms with Crippen molar-refractivity contribution in [3.63, 3.8) is 0 Å². The zero-order valence-electron chi connectivity index (χ0n) is 9.47. The molecular weight excluding hydrogens is 269 g/mol. The monoisotopic (exact) mass is 285 g/mol. The van der Waals surface area contributed by atoms with Crippen LogP contribution in [-0.4, -0.2) is 12.6 Å². The Morgan fingerprint density at radius 2 is 2.31 bits per heavy atom. The summed E-state index contributed by atoms with van der Waals surface area (Å²) < 4.78 is 14.4. The summed E-state index contributed by atoms with van der Waals surface area (Å²) >= 11 is 3.25. The zero-order chi connectivity index (χ0) is 12.0. The van der Waals surface area contributed by atoms with Crippen molar-refractivity contribution in [1.29, 1.82) is 0 Å². The van der Waals surface area contributed by atoms with Crippen molar-refractivity contribution in [2.75, 3.05) is 6.54 Å². The quantitative estimate of drug-likeness (QED) is 0.786. The minimum absolute atomic E-state index is 0.152. The average molecular weight is 286 g/mol. The third-order valence-corrected chi connectivity index (χ3v) is 2.92. The molecule has 88 valence electrons. The first kappa shape index (κ1) is 13.4. The predicted molar refractivity (Wildman–Crippen MR) is 70.1 cm³/mol. The summed E-state index contributed by atoms with van der Waals surface area (Å²) in [6.07, 6.45) is 3.41. The Morgan fingerprint density at radius 1 is 1.56 bits per heavy atom. The lowest BCUT2D eigenvalue weighted by Crippen LogP contribution is -2.30. The number of hydrogen-bond donors (Lipinski definition) is 1. The van der Waals surface area contributed by atoms with Gasteiger partial charge in [-0.1, -0.05) is 35.0 Å². The molecule has 3 heteroatoms. The Hall–Kier alpha value is -0.670. The summed E-state index contributed by atoms with van der Waals surface area (Å²) in [5.74, 6) is -0.152. The van der Waals surface area contributed by atoms with Gasteiger partial charge in [-0.05, 0) is 37.1 Å². The molecule has 16 heavy (non-hydrogen) atoms. The van der Waals surface area contributed by atoms with Crippen LogP contribution in [0.4, 0.5) is 4.39 Å². The van der Waals surface area contributed by atoms with Gasteiger partial charge in [0.15, 0.2) is 0 Å². The molecule has 1 rings (SSSR count). The number of benzene rings is 1. The molecule has 0 saturated heterocycles. The number of hydrogen-bond acceptors (Lipinski definition) is 1. The Kier molecular flexibility index (Phi) is 5.71. The maximum Gasteiger partial charge on any atom is 0.127 e. The van der Waals surface area contributed by atoms with Crippen LogP contribution in [0.1, 0.15) is 18.9 Å². The second-order valence-electron chi connectivity index (χ2n) is 3.72. The van der Waals surface area contributed by atoms with Crippen LogP contribution in [0, 0.1) is 5.82 Å². The van der Waals surface area contributed by atoms with Crippen molar-refractivity contribution in [2.24, 2.45) is 0 Å². The Labute approximate surface area is 105 Å². The van der Waals surface area contributed by atoms with Crippen molar-refractivity contribution in [3.05, 3.63) is 46.7 Å². The van der Waals surface area contributed by atoms with Gasteiger partial charge in [-0.15, -0.1) is 6.58 Å². The van der Waals surface area contributed by atoms with Crippen LogP contribution in [0.5, 0.6) is 0 Å². The van der Waals surface area contributed by atoms with Gasteiger partial charge in [-0.3, -0.25) is 0 Å². The topological polar surface area (TPSA) is 12.0 Å². The van der Waals surface area contributed by atoms with E-state index in [9.17, 15) is 4.39 Å². The maximum atomic E-state index is 13.6. The lowest BCUT2D eigenvalue weighted by Gasteiger charge is -2.16. The molecule has 0 heterocycles. The summed E-state index contributed by atoms with van der Waals surface area (Å²) in [7, 11) is 0. The third kappa shape index (κ3) is 4.06. The van der Waals surface area contributed by atoms with Crippen molar-refractivity contribution in [1.82, 2.24) is 5.32 Å². The molecule has 1 atom stereocenters. The van der Waals surface area contributed by atoms with E-state index in [0.29, 0.717) is 6.42 Å². The molecule has 0 amide bonds. The SMILES string of the molecule is C=CCC(Cc1ccc(Br)cc1F)NCC. The van der Waals surface area contributed by atoms with E-state index in [1.54, 1.807) is 0 Å². The molecule has 1 unspecified atom stereocenters. The summed E-state index contributed by atoms with van der Waals surface area (Å²) in [5, 5.41) is 3.32. The van der Waals surface area contributed by atoms with E-state index in [1.807, 2.05) is 25.1 Å². The van der Waals surface area contributed by atoms with E-state index in [0.717, 1.165) is 23.0 Å². The van der Waals surface area contributed by atoms with Gasteiger partial charge in [0, 0.05) is 10.5 Å². The largest absolute Gasteiger partial charge is 0.314 e. The standard InChI is InChI=1S/C13H17BrFN/c1-3-5-12(16-4-2)8-10-6-7-11(14)9-13(10)15/h3,6-7,9,12,16H,1,4-5,8H2,2H3. The Morgan fingerprint density at radius 3 is 2.88 bits per heavy atom. The van der Waals surface area contributed by atoms with Crippen LogP contribution in [-0.2, 0) is 6.42 Å². The van der Waals surface area contributed by atoms with Gasteiger partial charge in [0.2, 0.25) is 0 Å². The highest BCUT2D eigenvalue weighted by Gasteiger charge is 2.10. The maximum absolute atomic E-state index is 13.6. The summed E-state index contributed by atoms with van der Waals surface area (Å²) in [5.41, 5.74) is 0.746. The number of nitrogens with one attached hydrogen (secondary N) is 1. The van der Waals surface area contributed by atoms with E-state index in [-0.39, 0.29) is 11.9 Å². The van der Waals surface area contributed by atoms with Gasteiger partial charge in [0.1, 0.15) is 5.82 Å². The molecular formula is C13H17BrFN. The highest BCUT2D eigenvalue weighted by Crippen LogP contribution is 2.17. The first-order valence-electron chi connectivity index (χ1n) is 5.45. The zero-order valence-corrected chi connectivity index (χ0v) is 11.1. The molecule has 0 bridgehead atoms. The fourth-order valence-electron chi connectivity index (χ4n) is 1.68. The lowest BCUT2D eigenvalue weighted by atomic mass is 10.0. The molecule has 0 saturated carbocycles. The van der Waals surface area contributed by atoms with E-state index in [1.165, 1.54) is 6.07 Å². The fraction of sp³-hybridized carbons (Fsp3) is 0.385. The van der Waals surface area contributed by atoms with Gasteiger partial charge in [0.25, 0.3) is 0 Å². The molecule has 0 aliphatic rings. The minimum Gasteiger partial charge on any atom is -0.314 e. The minimum atomic E-state index is -0.152. The van der Waals surface area contributed by atoms with Crippen molar-refractivity contribution < 1.29 is 4.39 Å². The van der Waals surface area contributed by atoms with E-state index in [2.05, 4.69) is 27.8 Å². The van der Waals surface area contributed by atoms with E-state index >= 15 is 0 Å². The molecule has 1 N–H and O–H groups in total. The van der Waals surface area contributed by atoms with E-state index < -0.39 is 0 Å². The predicted octanol–water partition coefficient (Wildman–Crippen LogP) is 3.68. The van der Waals surface area contributed by atoms with Gasteiger partial charge in [0.05, 0.1) is 0 Å². The second kappa shape index (κ2) is 6.81. The molecule has 1 aromatic carbocycles. The summed E-state index contributed by atoms with van der Waals surface area (Å²) in [6, 6.07) is 5.47. The van der Waals surface area contributed by atoms with Crippen LogP contribution < -0.4 is 5.32 Å². The Balaban J connectivity index is 2.72. The van der Waals surface area contributed by atoms with E-state index in [4.69, 9.17) is 0 Å². The molecule has 0 radical (unpaired) electrons. The first-order chi connectivity index (χ1) is 7.67. The van der Waals surface area contributed by atoms with Crippen LogP contribution in [0.15, 0.2) is 35.3 Å². The number of likely N-dealkylation sites (N-methyl/N-ethyl adjacent to an activating group) is 1.